The Labute approximate surface area is 81.5 Å². The molecule has 0 fully saturated rings. The molecule has 1 atom stereocenters. The summed E-state index contributed by atoms with van der Waals surface area (Å²) in [6.45, 7) is 1.95. The van der Waals surface area contributed by atoms with Gasteiger partial charge in [-0.1, -0.05) is 12.1 Å². The van der Waals surface area contributed by atoms with E-state index in [-0.39, 0.29) is 6.04 Å². The van der Waals surface area contributed by atoms with E-state index in [1.807, 2.05) is 31.2 Å². The Morgan fingerprint density at radius 3 is 2.50 bits per heavy atom. The van der Waals surface area contributed by atoms with E-state index in [2.05, 4.69) is 15.4 Å². The minimum atomic E-state index is 0.0488. The maximum atomic E-state index is 5.73. The lowest BCUT2D eigenvalue weighted by Crippen LogP contribution is -2.05. The first-order valence-corrected chi connectivity index (χ1v) is 4.36. The highest BCUT2D eigenvalue weighted by Crippen LogP contribution is 2.11. The van der Waals surface area contributed by atoms with Gasteiger partial charge in [-0.25, -0.2) is 0 Å². The Balaban J connectivity index is 2.31. The van der Waals surface area contributed by atoms with Crippen LogP contribution in [0, 0.1) is 0 Å². The molecule has 0 amide bonds. The Kier molecular flexibility index (Phi) is 2.24. The van der Waals surface area contributed by atoms with Gasteiger partial charge in [0, 0.05) is 6.04 Å². The normalized spacial score (nSPS) is 12.7. The van der Waals surface area contributed by atoms with Gasteiger partial charge in [0.25, 0.3) is 0 Å². The van der Waals surface area contributed by atoms with Crippen LogP contribution in [0.1, 0.15) is 18.5 Å². The molecule has 1 heterocycles. The topological polar surface area (TPSA) is 69.6 Å². The molecule has 0 spiro atoms. The van der Waals surface area contributed by atoms with Crippen molar-refractivity contribution in [3.05, 3.63) is 36.2 Å². The zero-order chi connectivity index (χ0) is 9.97. The predicted molar refractivity (Wildman–Crippen MR) is 51.8 cm³/mol. The molecule has 72 valence electrons. The molecule has 0 saturated heterocycles. The highest BCUT2D eigenvalue weighted by molar-refractivity contribution is 5.33. The van der Waals surface area contributed by atoms with Crippen molar-refractivity contribution in [2.24, 2.45) is 5.73 Å². The summed E-state index contributed by atoms with van der Waals surface area (Å²) in [5.41, 5.74) is 7.70. The number of tetrazole rings is 1. The third-order valence-corrected chi connectivity index (χ3v) is 2.00. The summed E-state index contributed by atoms with van der Waals surface area (Å²) >= 11 is 0. The van der Waals surface area contributed by atoms with E-state index >= 15 is 0 Å². The number of benzene rings is 1. The lowest BCUT2D eigenvalue weighted by Gasteiger charge is -2.05. The summed E-state index contributed by atoms with van der Waals surface area (Å²) < 4.78 is 0. The number of nitrogens with two attached hydrogens (primary N) is 1. The van der Waals surface area contributed by atoms with Gasteiger partial charge >= 0.3 is 0 Å². The zero-order valence-electron chi connectivity index (χ0n) is 7.83. The molecule has 2 aromatic rings. The average molecular weight is 189 g/mol. The predicted octanol–water partition coefficient (Wildman–Crippen LogP) is 0.682. The van der Waals surface area contributed by atoms with Gasteiger partial charge in [0.2, 0.25) is 0 Å². The fraction of sp³-hybridized carbons (Fsp3) is 0.222. The van der Waals surface area contributed by atoms with E-state index in [1.165, 1.54) is 11.1 Å². The van der Waals surface area contributed by atoms with Crippen LogP contribution in [0.25, 0.3) is 5.69 Å². The van der Waals surface area contributed by atoms with Crippen LogP contribution in [0.3, 0.4) is 0 Å². The minimum absolute atomic E-state index is 0.0488. The summed E-state index contributed by atoms with van der Waals surface area (Å²) in [6, 6.07) is 7.81. The molecule has 0 aliphatic carbocycles. The molecular formula is C9H11N5. The summed E-state index contributed by atoms with van der Waals surface area (Å²) in [6.07, 6.45) is 1.40. The smallest absolute Gasteiger partial charge is 0.162 e. The molecule has 1 aromatic heterocycles. The van der Waals surface area contributed by atoms with E-state index in [1.54, 1.807) is 0 Å². The third-order valence-electron chi connectivity index (χ3n) is 2.00. The van der Waals surface area contributed by atoms with E-state index in [9.17, 15) is 0 Å². The highest BCUT2D eigenvalue weighted by Gasteiger charge is 2.01. The molecule has 0 aliphatic rings. The first kappa shape index (κ1) is 8.83. The van der Waals surface area contributed by atoms with Crippen molar-refractivity contribution in [3.8, 4) is 5.69 Å². The highest BCUT2D eigenvalue weighted by atomic mass is 15.6. The van der Waals surface area contributed by atoms with Gasteiger partial charge < -0.3 is 5.73 Å². The molecule has 2 N–H and O–H groups in total. The van der Waals surface area contributed by atoms with Crippen molar-refractivity contribution < 1.29 is 0 Å². The van der Waals surface area contributed by atoms with E-state index in [0.717, 1.165) is 11.3 Å². The summed E-state index contributed by atoms with van der Waals surface area (Å²) in [7, 11) is 0. The van der Waals surface area contributed by atoms with Crippen molar-refractivity contribution in [2.45, 2.75) is 13.0 Å². The second kappa shape index (κ2) is 3.55. The van der Waals surface area contributed by atoms with Gasteiger partial charge in [-0.05, 0) is 29.8 Å². The van der Waals surface area contributed by atoms with Crippen molar-refractivity contribution >= 4 is 0 Å². The quantitative estimate of drug-likeness (QED) is 0.754. The Hall–Kier alpha value is -1.75. The van der Waals surface area contributed by atoms with Gasteiger partial charge in [0.1, 0.15) is 0 Å². The fourth-order valence-electron chi connectivity index (χ4n) is 1.20. The molecule has 5 heteroatoms. The molecule has 14 heavy (non-hydrogen) atoms. The molecule has 0 saturated carbocycles. The summed E-state index contributed by atoms with van der Waals surface area (Å²) in [5.74, 6) is 0. The van der Waals surface area contributed by atoms with E-state index in [4.69, 9.17) is 5.73 Å². The van der Waals surface area contributed by atoms with Crippen molar-refractivity contribution in [1.29, 1.82) is 0 Å². The maximum absolute atomic E-state index is 5.73. The van der Waals surface area contributed by atoms with Crippen LogP contribution in [-0.4, -0.2) is 20.2 Å². The van der Waals surface area contributed by atoms with Gasteiger partial charge in [-0.15, -0.1) is 15.0 Å². The van der Waals surface area contributed by atoms with Gasteiger partial charge in [0.05, 0.1) is 5.69 Å². The van der Waals surface area contributed by atoms with Crippen molar-refractivity contribution in [3.63, 3.8) is 0 Å². The largest absolute Gasteiger partial charge is 0.324 e. The maximum Gasteiger partial charge on any atom is 0.162 e. The molecule has 0 unspecified atom stereocenters. The van der Waals surface area contributed by atoms with Gasteiger partial charge in [0.15, 0.2) is 6.33 Å². The van der Waals surface area contributed by atoms with Crippen LogP contribution in [0.4, 0.5) is 0 Å². The second-order valence-corrected chi connectivity index (χ2v) is 3.11. The fourth-order valence-corrected chi connectivity index (χ4v) is 1.20. The molecular weight excluding hydrogens is 178 g/mol. The minimum Gasteiger partial charge on any atom is -0.324 e. The Bertz CT molecular complexity index is 390. The summed E-state index contributed by atoms with van der Waals surface area (Å²) in [5, 5.41) is 11.3. The molecule has 5 nitrogen and oxygen atoms in total. The van der Waals surface area contributed by atoms with Crippen LogP contribution >= 0.6 is 0 Å². The number of aromatic nitrogens is 4. The van der Waals surface area contributed by atoms with Crippen molar-refractivity contribution in [1.82, 2.24) is 20.2 Å². The van der Waals surface area contributed by atoms with Crippen LogP contribution in [-0.2, 0) is 0 Å². The number of hydrogen-bond donors (Lipinski definition) is 1. The average Bonchev–Trinajstić information content (AvgIpc) is 2.71. The molecule has 2 rings (SSSR count). The van der Waals surface area contributed by atoms with Crippen LogP contribution in [0.5, 0.6) is 0 Å². The molecule has 0 radical (unpaired) electrons. The van der Waals surface area contributed by atoms with Gasteiger partial charge in [-0.2, -0.15) is 0 Å². The third kappa shape index (κ3) is 1.62. The van der Waals surface area contributed by atoms with E-state index in [0.29, 0.717) is 0 Å². The van der Waals surface area contributed by atoms with Gasteiger partial charge in [-0.3, -0.25) is 0 Å². The Morgan fingerprint density at radius 1 is 1.29 bits per heavy atom. The lowest BCUT2D eigenvalue weighted by atomic mass is 10.1. The van der Waals surface area contributed by atoms with Crippen LogP contribution in [0.15, 0.2) is 30.6 Å². The standard InChI is InChI=1S/C9H11N5/c1-7(10)8-2-4-9(5-3-8)14-12-6-11-13-14/h2-7H,10H2,1H3/t7-/m0/s1. The number of nitrogens with zero attached hydrogens (tertiary/aromatic N) is 4. The second-order valence-electron chi connectivity index (χ2n) is 3.11. The first-order valence-electron chi connectivity index (χ1n) is 4.36. The van der Waals surface area contributed by atoms with Crippen LogP contribution < -0.4 is 5.73 Å². The SMILES string of the molecule is C[C@H](N)c1ccc(-n2ncnn2)cc1. The van der Waals surface area contributed by atoms with Crippen molar-refractivity contribution in [2.75, 3.05) is 0 Å². The van der Waals surface area contributed by atoms with E-state index < -0.39 is 0 Å². The summed E-state index contributed by atoms with van der Waals surface area (Å²) in [4.78, 5) is 1.46. The first-order chi connectivity index (χ1) is 6.77. The Morgan fingerprint density at radius 2 is 2.00 bits per heavy atom. The molecule has 0 aliphatic heterocycles. The molecule has 1 aromatic carbocycles. The monoisotopic (exact) mass is 189 g/mol. The number of hydrogen-bond acceptors (Lipinski definition) is 4. The van der Waals surface area contributed by atoms with Crippen LogP contribution in [0.2, 0.25) is 0 Å². The number of rotatable bonds is 2. The molecule has 0 bridgehead atoms. The lowest BCUT2D eigenvalue weighted by molar-refractivity contribution is 0.718. The zero-order valence-corrected chi connectivity index (χ0v) is 7.83.